The molecule has 0 aromatic carbocycles. The fourth-order valence-electron chi connectivity index (χ4n) is 6.89. The van der Waals surface area contributed by atoms with Crippen LogP contribution in [0.25, 0.3) is 0 Å². The number of carbonyl (C=O) groups excluding carboxylic acids is 9. The van der Waals surface area contributed by atoms with Gasteiger partial charge in [0.25, 0.3) is 0 Å². The second-order valence-electron chi connectivity index (χ2n) is 18.2. The Morgan fingerprint density at radius 2 is 0.625 bits per heavy atom. The lowest BCUT2D eigenvalue weighted by Gasteiger charge is -2.29. The summed E-state index contributed by atoms with van der Waals surface area (Å²) in [6, 6.07) is -13.9. The first-order valence-electron chi connectivity index (χ1n) is 24.0. The molecule has 0 bridgehead atoms. The first kappa shape index (κ1) is 66.3. The molecule has 12 atom stereocenters. The van der Waals surface area contributed by atoms with Gasteiger partial charge in [0.15, 0.2) is 6.04 Å². The monoisotopic (exact) mass is 1030 g/mol. The van der Waals surface area contributed by atoms with Gasteiger partial charge in [-0.3, -0.25) is 43.2 Å². The molecule has 0 aromatic rings. The number of hydrogen-bond donors (Lipinski definition) is 19. The van der Waals surface area contributed by atoms with E-state index >= 15 is 0 Å². The van der Waals surface area contributed by atoms with Crippen molar-refractivity contribution in [1.82, 2.24) is 47.9 Å². The van der Waals surface area contributed by atoms with Gasteiger partial charge in [0.1, 0.15) is 48.3 Å². The molecule has 0 aliphatic rings. The van der Waals surface area contributed by atoms with Crippen molar-refractivity contribution >= 4 is 59.1 Å². The Morgan fingerprint density at radius 3 is 0.917 bits per heavy atom. The van der Waals surface area contributed by atoms with Gasteiger partial charge in [-0.1, -0.05) is 27.7 Å². The van der Waals surface area contributed by atoms with Crippen LogP contribution >= 0.6 is 0 Å². The molecule has 0 rings (SSSR count). The lowest BCUT2D eigenvalue weighted by molar-refractivity contribution is -0.145. The highest BCUT2D eigenvalue weighted by Crippen LogP contribution is 2.11. The molecular formula is C43H84N16O13. The molecule has 414 valence electrons. The first-order valence-corrected chi connectivity index (χ1v) is 24.0. The predicted octanol–water partition coefficient (Wildman–Crippen LogP) is -8.68. The molecule has 29 nitrogen and oxygen atoms in total. The number of carboxylic acid groups (broad SMARTS) is 1. The predicted molar refractivity (Wildman–Crippen MR) is 263 cm³/mol. The molecule has 0 aliphatic carbocycles. The zero-order valence-electron chi connectivity index (χ0n) is 42.2. The van der Waals surface area contributed by atoms with Gasteiger partial charge in [0.05, 0.1) is 18.2 Å². The summed E-state index contributed by atoms with van der Waals surface area (Å²) in [5, 5.41) is 51.5. The van der Waals surface area contributed by atoms with E-state index in [4.69, 9.17) is 40.1 Å². The summed E-state index contributed by atoms with van der Waals surface area (Å²) in [5.74, 6) is -9.94. The van der Waals surface area contributed by atoms with Gasteiger partial charge in [0, 0.05) is 6.54 Å². The van der Waals surface area contributed by atoms with Gasteiger partial charge in [-0.25, -0.2) is 4.79 Å². The Hall–Kier alpha value is -5.66. The van der Waals surface area contributed by atoms with E-state index < -0.39 is 138 Å². The van der Waals surface area contributed by atoms with Crippen molar-refractivity contribution in [2.75, 3.05) is 39.3 Å². The van der Waals surface area contributed by atoms with Gasteiger partial charge in [-0.15, -0.1) is 0 Å². The number of nitrogens with one attached hydrogen (secondary N) is 9. The maximum Gasteiger partial charge on any atom is 0.328 e. The SMILES string of the molecule is CC(C)C[C@H](NC(=O)[C@@H](CC(C)C)NC(=O)[C@H](CCN)NC(=O)[C@H](CCN)NC(=O)[C@H](CCN)NC(=O)[C@@H](NC(=O)[C@@H](N)CCN)[C@@H](C)O)C(=O)N[C@@H](CN)C(=O)N[C@@H](CCN)C(=O)N[C@H](C(=O)O)[C@@H](C)O. The molecule has 29 heteroatoms. The number of hydrogen-bond acceptors (Lipinski definition) is 19. The summed E-state index contributed by atoms with van der Waals surface area (Å²) in [7, 11) is 0. The molecule has 0 fully saturated rings. The second-order valence-corrected chi connectivity index (χ2v) is 18.2. The van der Waals surface area contributed by atoms with Crippen LogP contribution < -0.4 is 88.0 Å². The number of rotatable bonds is 36. The quantitative estimate of drug-likeness (QED) is 0.0277. The molecule has 26 N–H and O–H groups in total. The van der Waals surface area contributed by atoms with Gasteiger partial charge in [-0.05, 0) is 103 Å². The van der Waals surface area contributed by atoms with Crippen LogP contribution in [-0.2, 0) is 47.9 Å². The number of aliphatic carboxylic acids is 1. The van der Waals surface area contributed by atoms with Gasteiger partial charge in [0.2, 0.25) is 53.2 Å². The highest BCUT2D eigenvalue weighted by molar-refractivity contribution is 5.98. The maximum absolute atomic E-state index is 14.0. The molecule has 0 aromatic heterocycles. The fraction of sp³-hybridized carbons (Fsp3) is 0.767. The zero-order valence-corrected chi connectivity index (χ0v) is 42.2. The third-order valence-electron chi connectivity index (χ3n) is 10.8. The van der Waals surface area contributed by atoms with Crippen molar-refractivity contribution in [3.8, 4) is 0 Å². The van der Waals surface area contributed by atoms with Crippen LogP contribution in [0.1, 0.15) is 86.5 Å². The van der Waals surface area contributed by atoms with Gasteiger partial charge in [-0.2, -0.15) is 0 Å². The fourth-order valence-corrected chi connectivity index (χ4v) is 6.89. The average Bonchev–Trinajstić information content (AvgIpc) is 3.29. The number of nitrogens with two attached hydrogens (primary N) is 7. The van der Waals surface area contributed by atoms with Crippen molar-refractivity contribution < 1.29 is 63.3 Å². The highest BCUT2D eigenvalue weighted by Gasteiger charge is 2.36. The topological polar surface area (TPSA) is 522 Å². The van der Waals surface area contributed by atoms with Crippen LogP contribution in [0.15, 0.2) is 0 Å². The summed E-state index contributed by atoms with van der Waals surface area (Å²) >= 11 is 0. The van der Waals surface area contributed by atoms with Gasteiger partial charge >= 0.3 is 5.97 Å². The molecule has 72 heavy (non-hydrogen) atoms. The Labute approximate surface area is 419 Å². The first-order chi connectivity index (χ1) is 33.7. The number of amides is 9. The van der Waals surface area contributed by atoms with Crippen molar-refractivity contribution in [3.05, 3.63) is 0 Å². The lowest BCUT2D eigenvalue weighted by Crippen LogP contribution is -2.62. The minimum Gasteiger partial charge on any atom is -0.480 e. The largest absolute Gasteiger partial charge is 0.480 e. The smallest absolute Gasteiger partial charge is 0.328 e. The summed E-state index contributed by atoms with van der Waals surface area (Å²) in [6.45, 7) is 8.48. The minimum absolute atomic E-state index is 0.0323. The van der Waals surface area contributed by atoms with Crippen molar-refractivity contribution in [2.45, 2.75) is 159 Å². The molecule has 0 spiro atoms. The van der Waals surface area contributed by atoms with E-state index in [1.54, 1.807) is 27.7 Å². The number of aliphatic hydroxyl groups is 2. The molecule has 0 saturated heterocycles. The van der Waals surface area contributed by atoms with E-state index in [2.05, 4.69) is 47.9 Å². The highest BCUT2D eigenvalue weighted by atomic mass is 16.4. The molecule has 9 amide bonds. The number of aliphatic hydroxyl groups excluding tert-OH is 2. The molecule has 0 heterocycles. The average molecular weight is 1030 g/mol. The summed E-state index contributed by atoms with van der Waals surface area (Å²) < 4.78 is 0. The lowest BCUT2D eigenvalue weighted by atomic mass is 9.99. The summed E-state index contributed by atoms with van der Waals surface area (Å²) in [6.07, 6.45) is -3.40. The van der Waals surface area contributed by atoms with Crippen molar-refractivity contribution in [3.63, 3.8) is 0 Å². The van der Waals surface area contributed by atoms with E-state index in [1.807, 2.05) is 0 Å². The van der Waals surface area contributed by atoms with Gasteiger partial charge < -0.3 is 103 Å². The summed E-state index contributed by atoms with van der Waals surface area (Å²) in [4.78, 5) is 133. The Balaban J connectivity index is 6.34. The Kier molecular flexibility index (Phi) is 31.9. The second kappa shape index (κ2) is 34.7. The molecule has 0 unspecified atom stereocenters. The van der Waals surface area contributed by atoms with Crippen LogP contribution in [-0.4, -0.2) is 186 Å². The van der Waals surface area contributed by atoms with E-state index in [-0.39, 0.29) is 89.5 Å². The third-order valence-corrected chi connectivity index (χ3v) is 10.8. The van der Waals surface area contributed by atoms with Crippen LogP contribution in [0.5, 0.6) is 0 Å². The number of carbonyl (C=O) groups is 10. The minimum atomic E-state index is -1.71. The maximum atomic E-state index is 14.0. The molecular weight excluding hydrogens is 949 g/mol. The van der Waals surface area contributed by atoms with E-state index in [1.165, 1.54) is 6.92 Å². The zero-order chi connectivity index (χ0) is 55.4. The molecule has 0 aliphatic heterocycles. The van der Waals surface area contributed by atoms with Crippen LogP contribution in [0.3, 0.4) is 0 Å². The van der Waals surface area contributed by atoms with Crippen molar-refractivity contribution in [2.24, 2.45) is 52.0 Å². The molecule has 0 saturated carbocycles. The van der Waals surface area contributed by atoms with Crippen LogP contribution in [0.4, 0.5) is 0 Å². The summed E-state index contributed by atoms with van der Waals surface area (Å²) in [5.41, 5.74) is 40.0. The standard InChI is InChI=1S/C43H84N16O13/c1-20(2)17-29(39(67)56-30(18-21(3)4)40(68)57-31(19-49)41(69)53-28(11-16-48)38(66)59-33(23(6)61)43(71)72)55-37(65)26(9-14-46)52-35(63)25(8-13-45)51-36(64)27(10-15-47)54-42(70)32(22(5)60)58-34(62)24(50)7-12-44/h20-33,60-61H,7-19,44-50H2,1-6H3,(H,51,64)(H,52,63)(H,53,69)(H,54,70)(H,55,65)(H,56,67)(H,57,68)(H,58,62)(H,59,66)(H,71,72)/t22-,23-,24+,25+,26+,27+,28+,29-,30+,31+,32+,33+/m1/s1. The van der Waals surface area contributed by atoms with Crippen LogP contribution in [0, 0.1) is 11.8 Å². The number of carboxylic acids is 1. The normalized spacial score (nSPS) is 16.3. The van der Waals surface area contributed by atoms with E-state index in [0.717, 1.165) is 6.92 Å². The Morgan fingerprint density at radius 1 is 0.361 bits per heavy atom. The Bertz CT molecular complexity index is 1780. The van der Waals surface area contributed by atoms with E-state index in [9.17, 15) is 63.3 Å². The van der Waals surface area contributed by atoms with E-state index in [0.29, 0.717) is 0 Å². The van der Waals surface area contributed by atoms with Crippen LogP contribution in [0.2, 0.25) is 0 Å². The van der Waals surface area contributed by atoms with Crippen molar-refractivity contribution in [1.29, 1.82) is 0 Å². The molecule has 0 radical (unpaired) electrons. The third kappa shape index (κ3) is 24.2.